The zero-order valence-electron chi connectivity index (χ0n) is 23.1. The number of para-hydroxylation sites is 1. The third-order valence-corrected chi connectivity index (χ3v) is 6.41. The van der Waals surface area contributed by atoms with Crippen LogP contribution in [0.15, 0.2) is 48.8 Å². The summed E-state index contributed by atoms with van der Waals surface area (Å²) in [5.41, 5.74) is 12.0. The topological polar surface area (TPSA) is 86.1 Å². The van der Waals surface area contributed by atoms with Crippen LogP contribution in [-0.2, 0) is 0 Å². The zero-order valence-corrected chi connectivity index (χ0v) is 29.3. The molecule has 0 saturated carbocycles. The van der Waals surface area contributed by atoms with E-state index in [4.69, 9.17) is 10.7 Å². The van der Waals surface area contributed by atoms with Gasteiger partial charge in [-0.15, -0.1) is 0 Å². The quantitative estimate of drug-likeness (QED) is 0.234. The molecule has 192 valence electrons. The van der Waals surface area contributed by atoms with Crippen molar-refractivity contribution >= 4 is 33.9 Å². The molecule has 4 aromatic rings. The number of rotatable bonds is 5. The van der Waals surface area contributed by atoms with E-state index < -0.39 is 0 Å². The number of benzene rings is 2. The molecule has 1 aliphatic heterocycles. The number of nitrogens with zero attached hydrogens (tertiary/aromatic N) is 4. The number of aromatic amines is 1. The molecule has 9 heteroatoms. The summed E-state index contributed by atoms with van der Waals surface area (Å²) in [6, 6.07) is 11.5. The standard InChI is InChI=1S/C25H28FN7.C2H6.CH3.Cs/c1-15-12-29-25(31-23(15)19-13-28-24-18(19)5-4-6-20(24)26)30-16-7-8-22(21(27)11-16)33-10-9-17(14-33)32(2)3;1-2;;/h4-8,11-13,17,28H,9-10,14,27H2,1-3H3,(H,29,30,31);1-2H3;1H3;/q;;-1;+1/t17-;;;/m0.../s1. The van der Waals surface area contributed by atoms with Crippen LogP contribution in [0.5, 0.6) is 0 Å². The summed E-state index contributed by atoms with van der Waals surface area (Å²) in [5, 5.41) is 4.06. The molecular weight excluding hydrogens is 586 g/mol. The second kappa shape index (κ2) is 14.0. The number of nitrogen functional groups attached to an aromatic ring is 1. The van der Waals surface area contributed by atoms with Crippen LogP contribution in [0.1, 0.15) is 25.8 Å². The smallest absolute Gasteiger partial charge is 0.397 e. The van der Waals surface area contributed by atoms with Gasteiger partial charge in [0.05, 0.1) is 22.6 Å². The van der Waals surface area contributed by atoms with E-state index >= 15 is 0 Å². The van der Waals surface area contributed by atoms with Crippen LogP contribution >= 0.6 is 0 Å². The Morgan fingerprint density at radius 2 is 1.95 bits per heavy atom. The van der Waals surface area contributed by atoms with E-state index in [-0.39, 0.29) is 82.1 Å². The van der Waals surface area contributed by atoms with Gasteiger partial charge in [-0.3, -0.25) is 0 Å². The molecule has 7 nitrogen and oxygen atoms in total. The van der Waals surface area contributed by atoms with Crippen molar-refractivity contribution in [3.63, 3.8) is 0 Å². The van der Waals surface area contributed by atoms with Crippen molar-refractivity contribution in [2.45, 2.75) is 33.2 Å². The Bertz CT molecular complexity index is 1320. The average Bonchev–Trinajstić information content (AvgIpc) is 3.50. The maximum atomic E-state index is 14.1. The Hall–Kier alpha value is -1.60. The minimum Gasteiger partial charge on any atom is -0.397 e. The number of aromatic nitrogens is 3. The summed E-state index contributed by atoms with van der Waals surface area (Å²) in [7, 11) is 4.24. The first-order chi connectivity index (χ1) is 16.9. The molecule has 1 saturated heterocycles. The predicted molar refractivity (Wildman–Crippen MR) is 150 cm³/mol. The van der Waals surface area contributed by atoms with Crippen LogP contribution in [0, 0.1) is 20.2 Å². The van der Waals surface area contributed by atoms with Crippen LogP contribution in [0.25, 0.3) is 22.2 Å². The number of H-pyrrole nitrogens is 1. The van der Waals surface area contributed by atoms with Gasteiger partial charge in [0.1, 0.15) is 5.82 Å². The van der Waals surface area contributed by atoms with Gasteiger partial charge in [-0.1, -0.05) is 26.0 Å². The van der Waals surface area contributed by atoms with Gasteiger partial charge < -0.3 is 33.3 Å². The van der Waals surface area contributed by atoms with Crippen LogP contribution < -0.4 is 84.8 Å². The number of aryl methyl sites for hydroxylation is 1. The molecule has 37 heavy (non-hydrogen) atoms. The summed E-state index contributed by atoms with van der Waals surface area (Å²) in [6.07, 6.45) is 4.69. The monoisotopic (exact) mass is 623 g/mol. The molecule has 1 atom stereocenters. The van der Waals surface area contributed by atoms with Crippen molar-refractivity contribution in [3.8, 4) is 11.3 Å². The molecule has 0 amide bonds. The zero-order chi connectivity index (χ0) is 25.1. The van der Waals surface area contributed by atoms with Gasteiger partial charge in [-0.05, 0) is 57.3 Å². The first-order valence-corrected chi connectivity index (χ1v) is 12.1. The van der Waals surface area contributed by atoms with Gasteiger partial charge in [0.25, 0.3) is 0 Å². The first kappa shape index (κ1) is 31.6. The molecule has 0 bridgehead atoms. The van der Waals surface area contributed by atoms with Crippen molar-refractivity contribution in [3.05, 3.63) is 67.6 Å². The fourth-order valence-electron chi connectivity index (χ4n) is 4.52. The van der Waals surface area contributed by atoms with Crippen LogP contribution in [0.3, 0.4) is 0 Å². The number of nitrogens with one attached hydrogen (secondary N) is 2. The minimum absolute atomic E-state index is 0. The van der Waals surface area contributed by atoms with E-state index in [1.165, 1.54) is 6.07 Å². The largest absolute Gasteiger partial charge is 1.00 e. The van der Waals surface area contributed by atoms with E-state index in [9.17, 15) is 4.39 Å². The Kier molecular flexibility index (Phi) is 11.9. The summed E-state index contributed by atoms with van der Waals surface area (Å²) in [4.78, 5) is 16.8. The molecule has 1 fully saturated rings. The number of hydrogen-bond donors (Lipinski definition) is 3. The second-order valence-corrected chi connectivity index (χ2v) is 8.84. The Balaban J connectivity index is 0.00000118. The van der Waals surface area contributed by atoms with Crippen molar-refractivity contribution < 1.29 is 73.3 Å². The van der Waals surface area contributed by atoms with E-state index in [2.05, 4.69) is 39.2 Å². The number of nitrogens with two attached hydrogens (primary N) is 1. The van der Waals surface area contributed by atoms with Crippen molar-refractivity contribution in [2.24, 2.45) is 0 Å². The maximum absolute atomic E-state index is 14.1. The molecule has 0 unspecified atom stereocenters. The summed E-state index contributed by atoms with van der Waals surface area (Å²) < 4.78 is 14.1. The van der Waals surface area contributed by atoms with Crippen molar-refractivity contribution in [1.82, 2.24) is 19.9 Å². The van der Waals surface area contributed by atoms with E-state index in [0.717, 1.165) is 58.8 Å². The molecule has 5 rings (SSSR count). The number of fused-ring (bicyclic) bond motifs is 1. The first-order valence-electron chi connectivity index (χ1n) is 12.1. The second-order valence-electron chi connectivity index (χ2n) is 8.84. The van der Waals surface area contributed by atoms with E-state index in [1.54, 1.807) is 18.5 Å². The van der Waals surface area contributed by atoms with Crippen LogP contribution in [-0.4, -0.2) is 53.1 Å². The molecule has 0 radical (unpaired) electrons. The average molecular weight is 624 g/mol. The van der Waals surface area contributed by atoms with Gasteiger partial charge in [0.2, 0.25) is 5.95 Å². The van der Waals surface area contributed by atoms with Crippen LogP contribution in [0.4, 0.5) is 27.4 Å². The summed E-state index contributed by atoms with van der Waals surface area (Å²) in [5.74, 6) is 0.177. The summed E-state index contributed by atoms with van der Waals surface area (Å²) in [6.45, 7) is 7.91. The Morgan fingerprint density at radius 3 is 2.62 bits per heavy atom. The van der Waals surface area contributed by atoms with Gasteiger partial charge in [0.15, 0.2) is 0 Å². The number of likely N-dealkylation sites (N-methyl/N-ethyl adjacent to an activating group) is 1. The molecule has 3 heterocycles. The molecular formula is C28H37CsFN7. The van der Waals surface area contributed by atoms with Crippen molar-refractivity contribution in [1.29, 1.82) is 0 Å². The molecule has 0 aliphatic carbocycles. The Labute approximate surface area is 278 Å². The third kappa shape index (κ3) is 6.89. The fraction of sp³-hybridized carbons (Fsp3) is 0.321. The van der Waals surface area contributed by atoms with E-state index in [1.807, 2.05) is 45.0 Å². The van der Waals surface area contributed by atoms with Gasteiger partial charge in [-0.2, -0.15) is 0 Å². The van der Waals surface area contributed by atoms with Crippen molar-refractivity contribution in [2.75, 3.05) is 43.1 Å². The predicted octanol–water partition coefficient (Wildman–Crippen LogP) is 3.02. The fourth-order valence-corrected chi connectivity index (χ4v) is 4.52. The third-order valence-electron chi connectivity index (χ3n) is 6.41. The van der Waals surface area contributed by atoms with Gasteiger partial charge in [-0.25, -0.2) is 14.4 Å². The number of halogens is 1. The Morgan fingerprint density at radius 1 is 1.19 bits per heavy atom. The van der Waals surface area contributed by atoms with Gasteiger partial charge >= 0.3 is 68.9 Å². The minimum atomic E-state index is -0.283. The summed E-state index contributed by atoms with van der Waals surface area (Å²) >= 11 is 0. The van der Waals surface area contributed by atoms with Crippen LogP contribution in [0.2, 0.25) is 0 Å². The maximum Gasteiger partial charge on any atom is 1.00 e. The number of hydrogen-bond acceptors (Lipinski definition) is 6. The van der Waals surface area contributed by atoms with Gasteiger partial charge in [0, 0.05) is 48.2 Å². The SMILES string of the molecule is CC.Cc1cnc(Nc2ccc(N3CC[C@H](N(C)C)C3)c(N)c2)nc1-c1c[nH]c2c(F)cccc12.[CH3-].[Cs+]. The molecule has 2 aromatic heterocycles. The number of anilines is 4. The molecule has 1 aliphatic rings. The molecule has 0 spiro atoms. The van der Waals surface area contributed by atoms with E-state index in [0.29, 0.717) is 17.5 Å². The normalized spacial score (nSPS) is 14.6. The molecule has 4 N–H and O–H groups in total. The molecule has 2 aromatic carbocycles.